The van der Waals surface area contributed by atoms with Gasteiger partial charge in [-0.3, -0.25) is 9.89 Å². The predicted molar refractivity (Wildman–Crippen MR) is 88.1 cm³/mol. The summed E-state index contributed by atoms with van der Waals surface area (Å²) in [5.41, 5.74) is 5.99. The Morgan fingerprint density at radius 1 is 1.40 bits per heavy atom. The lowest BCUT2D eigenvalue weighted by atomic mass is 10.00. The highest BCUT2D eigenvalue weighted by molar-refractivity contribution is 5.77. The van der Waals surface area contributed by atoms with Gasteiger partial charge in [0.1, 0.15) is 0 Å². The van der Waals surface area contributed by atoms with E-state index in [1.165, 1.54) is 45.1 Å². The molecule has 20 heavy (non-hydrogen) atoms. The molecule has 0 aromatic carbocycles. The molecule has 118 valence electrons. The van der Waals surface area contributed by atoms with Crippen molar-refractivity contribution in [2.45, 2.75) is 65.3 Å². The van der Waals surface area contributed by atoms with Crippen LogP contribution >= 0.6 is 0 Å². The second-order valence-electron chi connectivity index (χ2n) is 5.95. The molecule has 1 fully saturated rings. The van der Waals surface area contributed by atoms with E-state index in [9.17, 15) is 0 Å². The van der Waals surface area contributed by atoms with Crippen molar-refractivity contribution in [1.82, 2.24) is 10.2 Å². The maximum atomic E-state index is 5.99. The molecule has 0 aromatic rings. The molecular weight excluding hydrogens is 248 g/mol. The third-order valence-electron chi connectivity index (χ3n) is 4.49. The molecule has 1 aliphatic rings. The number of hydrogen-bond acceptors (Lipinski definition) is 2. The molecule has 4 nitrogen and oxygen atoms in total. The molecule has 2 atom stereocenters. The van der Waals surface area contributed by atoms with Crippen LogP contribution in [0.4, 0.5) is 0 Å². The van der Waals surface area contributed by atoms with E-state index in [4.69, 9.17) is 5.73 Å². The van der Waals surface area contributed by atoms with E-state index in [1.807, 2.05) is 0 Å². The zero-order valence-corrected chi connectivity index (χ0v) is 13.7. The van der Waals surface area contributed by atoms with E-state index in [2.05, 4.69) is 36.0 Å². The zero-order chi connectivity index (χ0) is 14.8. The van der Waals surface area contributed by atoms with Crippen molar-refractivity contribution in [3.8, 4) is 0 Å². The minimum atomic E-state index is 0.628. The fourth-order valence-corrected chi connectivity index (χ4v) is 2.97. The quantitative estimate of drug-likeness (QED) is 0.505. The summed E-state index contributed by atoms with van der Waals surface area (Å²) in [6, 6.07) is 0.635. The normalized spacial score (nSPS) is 22.1. The Kier molecular flexibility index (Phi) is 8.67. The average molecular weight is 282 g/mol. The second-order valence-corrected chi connectivity index (χ2v) is 5.95. The second kappa shape index (κ2) is 10.0. The predicted octanol–water partition coefficient (Wildman–Crippen LogP) is 2.59. The first-order chi connectivity index (χ1) is 9.71. The third kappa shape index (κ3) is 6.12. The van der Waals surface area contributed by atoms with Gasteiger partial charge in [0, 0.05) is 19.1 Å². The number of nitrogens with zero attached hydrogens (tertiary/aromatic N) is 2. The first-order valence-corrected chi connectivity index (χ1v) is 8.49. The topological polar surface area (TPSA) is 53.6 Å². The molecule has 0 bridgehead atoms. The van der Waals surface area contributed by atoms with Gasteiger partial charge in [-0.2, -0.15) is 0 Å². The molecule has 1 saturated heterocycles. The molecule has 0 aliphatic carbocycles. The summed E-state index contributed by atoms with van der Waals surface area (Å²) in [5.74, 6) is 1.32. The van der Waals surface area contributed by atoms with Crippen molar-refractivity contribution in [3.05, 3.63) is 0 Å². The fourth-order valence-electron chi connectivity index (χ4n) is 2.97. The van der Waals surface area contributed by atoms with Gasteiger partial charge in [0.05, 0.1) is 0 Å². The molecule has 4 heteroatoms. The summed E-state index contributed by atoms with van der Waals surface area (Å²) < 4.78 is 0. The van der Waals surface area contributed by atoms with Crippen molar-refractivity contribution in [1.29, 1.82) is 0 Å². The Bertz CT molecular complexity index is 278. The van der Waals surface area contributed by atoms with Crippen LogP contribution in [0.15, 0.2) is 4.99 Å². The molecule has 1 aliphatic heterocycles. The van der Waals surface area contributed by atoms with Crippen molar-refractivity contribution >= 4 is 5.96 Å². The number of likely N-dealkylation sites (N-methyl/N-ethyl adjacent to an activating group) is 1. The van der Waals surface area contributed by atoms with Crippen LogP contribution in [0.5, 0.6) is 0 Å². The van der Waals surface area contributed by atoms with Gasteiger partial charge in [-0.1, -0.05) is 40.0 Å². The minimum Gasteiger partial charge on any atom is -0.370 e. The number of nitrogens with two attached hydrogens (primary N) is 1. The van der Waals surface area contributed by atoms with E-state index in [-0.39, 0.29) is 0 Å². The highest BCUT2D eigenvalue weighted by atomic mass is 15.2. The monoisotopic (exact) mass is 282 g/mol. The number of guanidine groups is 1. The Morgan fingerprint density at radius 3 is 2.85 bits per heavy atom. The number of nitrogens with one attached hydrogen (secondary N) is 1. The van der Waals surface area contributed by atoms with Crippen molar-refractivity contribution < 1.29 is 0 Å². The van der Waals surface area contributed by atoms with Crippen molar-refractivity contribution in [2.75, 3.05) is 26.2 Å². The Hall–Kier alpha value is -0.770. The van der Waals surface area contributed by atoms with Gasteiger partial charge >= 0.3 is 0 Å². The lowest BCUT2D eigenvalue weighted by Crippen LogP contribution is -2.42. The number of hydrogen-bond donors (Lipinski definition) is 2. The molecule has 0 amide bonds. The first kappa shape index (κ1) is 17.3. The van der Waals surface area contributed by atoms with Crippen LogP contribution in [0, 0.1) is 5.92 Å². The van der Waals surface area contributed by atoms with Crippen molar-refractivity contribution in [2.24, 2.45) is 16.6 Å². The van der Waals surface area contributed by atoms with Gasteiger partial charge in [0.2, 0.25) is 0 Å². The van der Waals surface area contributed by atoms with Gasteiger partial charge in [-0.15, -0.1) is 0 Å². The van der Waals surface area contributed by atoms with Gasteiger partial charge in [-0.25, -0.2) is 0 Å². The molecular formula is C16H34N4. The maximum absolute atomic E-state index is 5.99. The summed E-state index contributed by atoms with van der Waals surface area (Å²) in [4.78, 5) is 7.05. The summed E-state index contributed by atoms with van der Waals surface area (Å²) in [6.07, 6.45) is 7.63. The molecule has 0 radical (unpaired) electrons. The highest BCUT2D eigenvalue weighted by Crippen LogP contribution is 2.15. The third-order valence-corrected chi connectivity index (χ3v) is 4.49. The molecule has 1 heterocycles. The summed E-state index contributed by atoms with van der Waals surface area (Å²) in [7, 11) is 0. The highest BCUT2D eigenvalue weighted by Gasteiger charge is 2.22. The Labute approximate surface area is 125 Å². The Morgan fingerprint density at radius 2 is 2.20 bits per heavy atom. The van der Waals surface area contributed by atoms with E-state index < -0.39 is 0 Å². The largest absolute Gasteiger partial charge is 0.370 e. The number of rotatable bonds is 9. The maximum Gasteiger partial charge on any atom is 0.188 e. The molecule has 0 saturated carbocycles. The molecule has 0 spiro atoms. The smallest absolute Gasteiger partial charge is 0.188 e. The van der Waals surface area contributed by atoms with Crippen LogP contribution in [0.1, 0.15) is 59.3 Å². The minimum absolute atomic E-state index is 0.628. The summed E-state index contributed by atoms with van der Waals surface area (Å²) >= 11 is 0. The van der Waals surface area contributed by atoms with Crippen LogP contribution in [0.25, 0.3) is 0 Å². The number of unbranched alkanes of at least 4 members (excludes halogenated alkanes) is 1. The van der Waals surface area contributed by atoms with Crippen molar-refractivity contribution in [3.63, 3.8) is 0 Å². The SMILES string of the molecule is CCCCC(CC)CN=C(N)NCC1CCCN1CC. The van der Waals surface area contributed by atoms with Gasteiger partial charge in [-0.05, 0) is 38.3 Å². The van der Waals surface area contributed by atoms with Gasteiger partial charge in [0.25, 0.3) is 0 Å². The van der Waals surface area contributed by atoms with Crippen LogP contribution in [-0.4, -0.2) is 43.1 Å². The lowest BCUT2D eigenvalue weighted by molar-refractivity contribution is 0.267. The van der Waals surface area contributed by atoms with Gasteiger partial charge in [0.15, 0.2) is 5.96 Å². The first-order valence-electron chi connectivity index (χ1n) is 8.49. The standard InChI is InChI=1S/C16H34N4/c1-4-7-9-14(5-2)12-18-16(17)19-13-15-10-8-11-20(15)6-3/h14-15H,4-13H2,1-3H3,(H3,17,18,19). The fraction of sp³-hybridized carbons (Fsp3) is 0.938. The van der Waals surface area contributed by atoms with Crippen LogP contribution in [0.2, 0.25) is 0 Å². The van der Waals surface area contributed by atoms with Gasteiger partial charge < -0.3 is 11.1 Å². The molecule has 2 unspecified atom stereocenters. The summed E-state index contributed by atoms with van der Waals surface area (Å²) in [6.45, 7) is 10.9. The average Bonchev–Trinajstić information content (AvgIpc) is 2.92. The van der Waals surface area contributed by atoms with E-state index >= 15 is 0 Å². The van der Waals surface area contributed by atoms with E-state index in [0.29, 0.717) is 17.9 Å². The number of likely N-dealkylation sites (tertiary alicyclic amines) is 1. The van der Waals surface area contributed by atoms with E-state index in [0.717, 1.165) is 19.6 Å². The molecule has 0 aromatic heterocycles. The Balaban J connectivity index is 2.26. The van der Waals surface area contributed by atoms with E-state index in [1.54, 1.807) is 0 Å². The van der Waals surface area contributed by atoms with Crippen LogP contribution in [-0.2, 0) is 0 Å². The zero-order valence-electron chi connectivity index (χ0n) is 13.7. The molecule has 3 N–H and O–H groups in total. The number of aliphatic imine (C=N–C) groups is 1. The summed E-state index contributed by atoms with van der Waals surface area (Å²) in [5, 5.41) is 3.31. The van der Waals surface area contributed by atoms with Crippen LogP contribution < -0.4 is 11.1 Å². The lowest BCUT2D eigenvalue weighted by Gasteiger charge is -2.23. The van der Waals surface area contributed by atoms with Crippen LogP contribution in [0.3, 0.4) is 0 Å². The molecule has 1 rings (SSSR count).